The largest absolute Gasteiger partial charge is 0.290 e. The highest BCUT2D eigenvalue weighted by atomic mass is 32.1. The topological polar surface area (TPSA) is 57.9 Å². The fourth-order valence-electron chi connectivity index (χ4n) is 3.02. The first-order valence-corrected chi connectivity index (χ1v) is 9.35. The van der Waals surface area contributed by atoms with Gasteiger partial charge in [-0.25, -0.2) is 0 Å². The van der Waals surface area contributed by atoms with E-state index in [0.29, 0.717) is 22.4 Å². The van der Waals surface area contributed by atoms with Crippen LogP contribution < -0.4 is 0 Å². The van der Waals surface area contributed by atoms with Crippen molar-refractivity contribution < 1.29 is 9.59 Å². The molecule has 2 rings (SSSR count). The van der Waals surface area contributed by atoms with Gasteiger partial charge in [0.25, 0.3) is 0 Å². The Bertz CT molecular complexity index is 930. The molecular weight excluding hydrogens is 342 g/mol. The number of nitrogens with zero attached hydrogens (tertiary/aromatic N) is 1. The van der Waals surface area contributed by atoms with Crippen LogP contribution in [-0.4, -0.2) is 11.6 Å². The van der Waals surface area contributed by atoms with Crippen LogP contribution in [-0.2, 0) is 4.79 Å². The first-order valence-electron chi connectivity index (χ1n) is 8.54. The molecule has 4 heteroatoms. The molecule has 0 aromatic carbocycles. The van der Waals surface area contributed by atoms with E-state index in [2.05, 4.69) is 6.07 Å². The first kappa shape index (κ1) is 19.8. The van der Waals surface area contributed by atoms with Gasteiger partial charge in [0.2, 0.25) is 0 Å². The summed E-state index contributed by atoms with van der Waals surface area (Å²) in [4.78, 5) is 26.5. The zero-order valence-corrected chi connectivity index (χ0v) is 16.7. The van der Waals surface area contributed by atoms with E-state index >= 15 is 0 Å². The minimum atomic E-state index is -0.167. The Morgan fingerprint density at radius 2 is 2.00 bits per heavy atom. The van der Waals surface area contributed by atoms with Crippen molar-refractivity contribution in [1.82, 2.24) is 0 Å². The summed E-state index contributed by atoms with van der Waals surface area (Å²) < 4.78 is 0. The second-order valence-electron chi connectivity index (χ2n) is 6.75. The second kappa shape index (κ2) is 8.25. The van der Waals surface area contributed by atoms with Crippen LogP contribution in [0.2, 0.25) is 0 Å². The van der Waals surface area contributed by atoms with Crippen molar-refractivity contribution in [2.24, 2.45) is 0 Å². The van der Waals surface area contributed by atoms with E-state index in [1.165, 1.54) is 16.9 Å². The van der Waals surface area contributed by atoms with Gasteiger partial charge in [0.1, 0.15) is 10.9 Å². The van der Waals surface area contributed by atoms with E-state index in [1.54, 1.807) is 12.2 Å². The molecule has 1 aliphatic carbocycles. The minimum absolute atomic E-state index is 0.00767. The molecule has 0 radical (unpaired) electrons. The Kier molecular flexibility index (Phi) is 6.28. The number of hydrogen-bond acceptors (Lipinski definition) is 4. The van der Waals surface area contributed by atoms with Gasteiger partial charge >= 0.3 is 0 Å². The minimum Gasteiger partial charge on any atom is -0.290 e. The Balaban J connectivity index is 2.34. The molecule has 134 valence electrons. The van der Waals surface area contributed by atoms with E-state index in [1.807, 2.05) is 46.8 Å². The normalized spacial score (nSPS) is 21.5. The molecule has 0 bridgehead atoms. The van der Waals surface area contributed by atoms with Crippen LogP contribution in [0.5, 0.6) is 0 Å². The zero-order valence-electron chi connectivity index (χ0n) is 15.9. The number of carbonyl (C=O) groups is 2. The SMILES string of the molecule is C/C1=C/C(C)=C(/C/C(C)=C\C(=O)c2c(C#N)sc(C)c2C)C(=O)/C=C/C1. The predicted octanol–water partition coefficient (Wildman–Crippen LogP) is 5.55. The van der Waals surface area contributed by atoms with Crippen molar-refractivity contribution in [2.75, 3.05) is 0 Å². The lowest BCUT2D eigenvalue weighted by molar-refractivity contribution is -0.111. The lowest BCUT2D eigenvalue weighted by atomic mass is 9.93. The molecule has 1 aromatic rings. The maximum Gasteiger partial charge on any atom is 0.188 e. The van der Waals surface area contributed by atoms with Gasteiger partial charge in [0.05, 0.1) is 5.56 Å². The molecule has 1 aromatic heterocycles. The van der Waals surface area contributed by atoms with Crippen molar-refractivity contribution in [3.8, 4) is 6.07 Å². The van der Waals surface area contributed by atoms with Gasteiger partial charge in [-0.15, -0.1) is 11.3 Å². The summed E-state index contributed by atoms with van der Waals surface area (Å²) >= 11 is 1.35. The summed E-state index contributed by atoms with van der Waals surface area (Å²) in [7, 11) is 0. The highest BCUT2D eigenvalue weighted by molar-refractivity contribution is 7.13. The van der Waals surface area contributed by atoms with Gasteiger partial charge < -0.3 is 0 Å². The molecule has 3 nitrogen and oxygen atoms in total. The average Bonchev–Trinajstić information content (AvgIpc) is 2.86. The van der Waals surface area contributed by atoms with Gasteiger partial charge in [-0.3, -0.25) is 9.59 Å². The number of rotatable bonds is 4. The van der Waals surface area contributed by atoms with Crippen LogP contribution in [0.15, 0.2) is 46.6 Å². The molecule has 0 spiro atoms. The molecule has 1 aliphatic rings. The van der Waals surface area contributed by atoms with Crippen molar-refractivity contribution in [2.45, 2.75) is 47.5 Å². The number of allylic oxidation sites excluding steroid dienone is 8. The lowest BCUT2D eigenvalue weighted by Crippen LogP contribution is -2.05. The summed E-state index contributed by atoms with van der Waals surface area (Å²) in [5.41, 5.74) is 5.01. The Morgan fingerprint density at radius 1 is 1.31 bits per heavy atom. The summed E-state index contributed by atoms with van der Waals surface area (Å²) in [5, 5.41) is 9.27. The predicted molar refractivity (Wildman–Crippen MR) is 106 cm³/mol. The van der Waals surface area contributed by atoms with Crippen molar-refractivity contribution in [3.63, 3.8) is 0 Å². The number of thiophene rings is 1. The standard InChI is InChI=1S/C22H23NO2S/c1-13-7-6-8-19(24)18(15(3)9-13)10-14(2)11-20(25)22-16(4)17(5)26-21(22)12-23/h6,8-9,11H,7,10H2,1-5H3/b8-6+,13-9-,14-11-,18-15-. The van der Waals surface area contributed by atoms with Crippen molar-refractivity contribution in [1.29, 1.82) is 5.26 Å². The number of aryl methyl sites for hydroxylation is 1. The Labute approximate surface area is 159 Å². The Hall–Kier alpha value is -2.51. The van der Waals surface area contributed by atoms with E-state index in [0.717, 1.165) is 28.0 Å². The van der Waals surface area contributed by atoms with E-state index in [-0.39, 0.29) is 11.6 Å². The van der Waals surface area contributed by atoms with Crippen LogP contribution in [0, 0.1) is 25.2 Å². The zero-order chi connectivity index (χ0) is 19.4. The molecule has 0 aliphatic heterocycles. The molecular formula is C22H23NO2S. The second-order valence-corrected chi connectivity index (χ2v) is 7.98. The number of nitriles is 1. The molecule has 0 atom stereocenters. The number of ketones is 2. The molecule has 0 unspecified atom stereocenters. The maximum absolute atomic E-state index is 12.7. The fraction of sp³-hybridized carbons (Fsp3) is 0.318. The Morgan fingerprint density at radius 3 is 2.65 bits per heavy atom. The highest BCUT2D eigenvalue weighted by Crippen LogP contribution is 2.28. The van der Waals surface area contributed by atoms with E-state index in [9.17, 15) is 14.9 Å². The van der Waals surface area contributed by atoms with E-state index < -0.39 is 0 Å². The molecule has 0 N–H and O–H groups in total. The molecule has 26 heavy (non-hydrogen) atoms. The quantitative estimate of drug-likeness (QED) is 0.519. The summed E-state index contributed by atoms with van der Waals surface area (Å²) in [6, 6.07) is 2.12. The fourth-order valence-corrected chi connectivity index (χ4v) is 3.98. The molecule has 1 heterocycles. The first-order chi connectivity index (χ1) is 12.2. The van der Waals surface area contributed by atoms with Crippen LogP contribution in [0.1, 0.15) is 59.3 Å². The third-order valence-electron chi connectivity index (χ3n) is 4.51. The third kappa shape index (κ3) is 4.36. The maximum atomic E-state index is 12.7. The smallest absolute Gasteiger partial charge is 0.188 e. The monoisotopic (exact) mass is 365 g/mol. The highest BCUT2D eigenvalue weighted by Gasteiger charge is 2.19. The van der Waals surface area contributed by atoms with Gasteiger partial charge in [-0.2, -0.15) is 5.26 Å². The van der Waals surface area contributed by atoms with Crippen LogP contribution in [0.3, 0.4) is 0 Å². The van der Waals surface area contributed by atoms with Gasteiger partial charge in [-0.1, -0.05) is 23.3 Å². The van der Waals surface area contributed by atoms with E-state index in [4.69, 9.17) is 0 Å². The molecule has 0 fully saturated rings. The summed E-state index contributed by atoms with van der Waals surface area (Å²) in [6.45, 7) is 9.61. The van der Waals surface area contributed by atoms with Crippen molar-refractivity contribution in [3.05, 3.63) is 67.5 Å². The number of carbonyl (C=O) groups excluding carboxylic acids is 2. The third-order valence-corrected chi connectivity index (χ3v) is 5.62. The van der Waals surface area contributed by atoms with Gasteiger partial charge in [0, 0.05) is 10.5 Å². The molecule has 0 saturated carbocycles. The lowest BCUT2D eigenvalue weighted by Gasteiger charge is -2.11. The van der Waals surface area contributed by atoms with Crippen LogP contribution >= 0.6 is 11.3 Å². The molecule has 0 saturated heterocycles. The van der Waals surface area contributed by atoms with Gasteiger partial charge in [0.15, 0.2) is 11.6 Å². The summed E-state index contributed by atoms with van der Waals surface area (Å²) in [5.74, 6) is -0.175. The number of hydrogen-bond donors (Lipinski definition) is 0. The average molecular weight is 365 g/mol. The molecule has 0 amide bonds. The van der Waals surface area contributed by atoms with Crippen LogP contribution in [0.4, 0.5) is 0 Å². The van der Waals surface area contributed by atoms with Gasteiger partial charge in [-0.05, 0) is 70.7 Å². The van der Waals surface area contributed by atoms with Crippen LogP contribution in [0.25, 0.3) is 0 Å². The van der Waals surface area contributed by atoms with Crippen molar-refractivity contribution >= 4 is 22.9 Å². The summed E-state index contributed by atoms with van der Waals surface area (Å²) in [6.07, 6.45) is 8.28.